The van der Waals surface area contributed by atoms with Crippen molar-refractivity contribution in [2.75, 3.05) is 33.3 Å². The summed E-state index contributed by atoms with van der Waals surface area (Å²) in [7, 11) is 1.74. The van der Waals surface area contributed by atoms with Crippen LogP contribution >= 0.6 is 12.4 Å². The predicted molar refractivity (Wildman–Crippen MR) is 54.4 cm³/mol. The summed E-state index contributed by atoms with van der Waals surface area (Å²) in [6.45, 7) is 5.41. The quantitative estimate of drug-likeness (QED) is 0.540. The SMILES string of the molecule is CC1(O)CNC1.COC1CNC1.Cl. The van der Waals surface area contributed by atoms with Crippen LogP contribution in [-0.4, -0.2) is 50.1 Å². The summed E-state index contributed by atoms with van der Waals surface area (Å²) in [4.78, 5) is 0. The first-order valence-corrected chi connectivity index (χ1v) is 4.31. The van der Waals surface area contributed by atoms with E-state index in [0.717, 1.165) is 26.2 Å². The van der Waals surface area contributed by atoms with Gasteiger partial charge in [0, 0.05) is 33.3 Å². The van der Waals surface area contributed by atoms with Crippen molar-refractivity contribution < 1.29 is 9.84 Å². The Morgan fingerprint density at radius 2 is 1.77 bits per heavy atom. The molecule has 13 heavy (non-hydrogen) atoms. The van der Waals surface area contributed by atoms with E-state index in [4.69, 9.17) is 9.84 Å². The topological polar surface area (TPSA) is 53.5 Å². The zero-order valence-electron chi connectivity index (χ0n) is 8.17. The highest BCUT2D eigenvalue weighted by molar-refractivity contribution is 5.85. The van der Waals surface area contributed by atoms with Crippen molar-refractivity contribution in [3.63, 3.8) is 0 Å². The van der Waals surface area contributed by atoms with Gasteiger partial charge in [0.2, 0.25) is 0 Å². The first kappa shape index (κ1) is 13.1. The fraction of sp³-hybridized carbons (Fsp3) is 1.00. The molecule has 0 radical (unpaired) electrons. The van der Waals surface area contributed by atoms with E-state index in [1.54, 1.807) is 7.11 Å². The summed E-state index contributed by atoms with van der Waals surface area (Å²) in [5.74, 6) is 0. The molecule has 0 aromatic carbocycles. The van der Waals surface area contributed by atoms with E-state index >= 15 is 0 Å². The molecular formula is C8H19ClN2O2. The minimum absolute atomic E-state index is 0. The largest absolute Gasteiger partial charge is 0.388 e. The van der Waals surface area contributed by atoms with Gasteiger partial charge in [-0.2, -0.15) is 0 Å². The second-order valence-corrected chi connectivity index (χ2v) is 3.62. The van der Waals surface area contributed by atoms with Crippen LogP contribution in [0.3, 0.4) is 0 Å². The van der Waals surface area contributed by atoms with Gasteiger partial charge in [-0.15, -0.1) is 12.4 Å². The fourth-order valence-corrected chi connectivity index (χ4v) is 0.916. The highest BCUT2D eigenvalue weighted by atomic mass is 35.5. The van der Waals surface area contributed by atoms with Crippen LogP contribution in [0.1, 0.15) is 6.92 Å². The third kappa shape index (κ3) is 4.78. The number of halogens is 1. The second kappa shape index (κ2) is 5.78. The van der Waals surface area contributed by atoms with E-state index in [1.807, 2.05) is 6.92 Å². The van der Waals surface area contributed by atoms with Gasteiger partial charge in [0.05, 0.1) is 11.7 Å². The third-order valence-corrected chi connectivity index (χ3v) is 2.09. The maximum atomic E-state index is 8.85. The minimum atomic E-state index is -0.389. The Morgan fingerprint density at radius 3 is 1.77 bits per heavy atom. The van der Waals surface area contributed by atoms with Crippen LogP contribution < -0.4 is 10.6 Å². The molecule has 2 rings (SSSR count). The lowest BCUT2D eigenvalue weighted by molar-refractivity contribution is 0.00878. The Morgan fingerprint density at radius 1 is 1.31 bits per heavy atom. The Kier molecular flexibility index (Phi) is 5.83. The molecule has 0 aromatic heterocycles. The average Bonchev–Trinajstić information content (AvgIpc) is 1.83. The maximum Gasteiger partial charge on any atom is 0.0867 e. The molecule has 80 valence electrons. The average molecular weight is 211 g/mol. The lowest BCUT2D eigenvalue weighted by Gasteiger charge is -2.33. The minimum Gasteiger partial charge on any atom is -0.388 e. The van der Waals surface area contributed by atoms with Gasteiger partial charge in [-0.05, 0) is 6.92 Å². The van der Waals surface area contributed by atoms with Crippen molar-refractivity contribution >= 4 is 12.4 Å². The standard InChI is InChI=1S/2C4H9NO.ClH/c1-6-4-2-5-3-4;1-4(6)2-5-3-4;/h4-5H,2-3H2,1H3;5-6H,2-3H2,1H3;1H. The normalized spacial score (nSPS) is 24.2. The third-order valence-electron chi connectivity index (χ3n) is 2.09. The van der Waals surface area contributed by atoms with Gasteiger partial charge in [0.15, 0.2) is 0 Å². The van der Waals surface area contributed by atoms with Crippen LogP contribution in [0.4, 0.5) is 0 Å². The first-order valence-electron chi connectivity index (χ1n) is 4.31. The molecule has 2 aliphatic rings. The molecule has 0 aromatic rings. The molecule has 0 aliphatic carbocycles. The number of methoxy groups -OCH3 is 1. The number of nitrogens with one attached hydrogen (secondary N) is 2. The molecule has 0 saturated carbocycles. The molecule has 2 heterocycles. The van der Waals surface area contributed by atoms with Gasteiger partial charge in [0.1, 0.15) is 0 Å². The van der Waals surface area contributed by atoms with Crippen molar-refractivity contribution in [1.29, 1.82) is 0 Å². The molecular weight excluding hydrogens is 192 g/mol. The zero-order chi connectivity index (χ0) is 9.03. The van der Waals surface area contributed by atoms with Crippen LogP contribution in [0, 0.1) is 0 Å². The molecule has 0 bridgehead atoms. The number of hydrogen-bond donors (Lipinski definition) is 3. The summed E-state index contributed by atoms with van der Waals surface area (Å²) in [5.41, 5.74) is -0.389. The molecule has 2 aliphatic heterocycles. The second-order valence-electron chi connectivity index (χ2n) is 3.62. The van der Waals surface area contributed by atoms with Gasteiger partial charge in [-0.3, -0.25) is 0 Å². The summed E-state index contributed by atoms with van der Waals surface area (Å²) < 4.78 is 4.92. The highest BCUT2D eigenvalue weighted by Crippen LogP contribution is 2.05. The molecule has 0 atom stereocenters. The fourth-order valence-electron chi connectivity index (χ4n) is 0.916. The van der Waals surface area contributed by atoms with E-state index in [2.05, 4.69) is 10.6 Å². The van der Waals surface area contributed by atoms with E-state index in [-0.39, 0.29) is 18.0 Å². The number of ether oxygens (including phenoxy) is 1. The van der Waals surface area contributed by atoms with Gasteiger partial charge in [-0.25, -0.2) is 0 Å². The molecule has 4 nitrogen and oxygen atoms in total. The number of aliphatic hydroxyl groups is 1. The smallest absolute Gasteiger partial charge is 0.0867 e. The lowest BCUT2D eigenvalue weighted by Crippen LogP contribution is -2.57. The zero-order valence-corrected chi connectivity index (χ0v) is 8.99. The van der Waals surface area contributed by atoms with Gasteiger partial charge in [-0.1, -0.05) is 0 Å². The first-order chi connectivity index (χ1) is 5.64. The van der Waals surface area contributed by atoms with Crippen molar-refractivity contribution in [1.82, 2.24) is 10.6 Å². The van der Waals surface area contributed by atoms with Crippen molar-refractivity contribution in [2.24, 2.45) is 0 Å². The number of rotatable bonds is 1. The molecule has 3 N–H and O–H groups in total. The maximum absolute atomic E-state index is 8.85. The Balaban J connectivity index is 0.000000206. The van der Waals surface area contributed by atoms with Gasteiger partial charge < -0.3 is 20.5 Å². The molecule has 2 saturated heterocycles. The number of hydrogen-bond acceptors (Lipinski definition) is 4. The molecule has 0 amide bonds. The molecule has 0 spiro atoms. The Labute approximate surface area is 85.4 Å². The van der Waals surface area contributed by atoms with E-state index in [9.17, 15) is 0 Å². The summed E-state index contributed by atoms with van der Waals surface area (Å²) in [6.07, 6.45) is 0.505. The monoisotopic (exact) mass is 210 g/mol. The van der Waals surface area contributed by atoms with Crippen molar-refractivity contribution in [3.05, 3.63) is 0 Å². The summed E-state index contributed by atoms with van der Waals surface area (Å²) in [5, 5.41) is 14.9. The van der Waals surface area contributed by atoms with Crippen LogP contribution in [0.25, 0.3) is 0 Å². The van der Waals surface area contributed by atoms with Gasteiger partial charge in [0.25, 0.3) is 0 Å². The lowest BCUT2D eigenvalue weighted by atomic mass is 10.0. The molecule has 0 unspecified atom stereocenters. The van der Waals surface area contributed by atoms with E-state index in [1.165, 1.54) is 0 Å². The van der Waals surface area contributed by atoms with Crippen LogP contribution in [0.2, 0.25) is 0 Å². The molecule has 2 fully saturated rings. The molecule has 5 heteroatoms. The van der Waals surface area contributed by atoms with Crippen LogP contribution in [-0.2, 0) is 4.74 Å². The highest BCUT2D eigenvalue weighted by Gasteiger charge is 2.27. The Hall–Kier alpha value is 0.130. The summed E-state index contributed by atoms with van der Waals surface area (Å²) >= 11 is 0. The van der Waals surface area contributed by atoms with Crippen LogP contribution in [0.15, 0.2) is 0 Å². The van der Waals surface area contributed by atoms with Crippen molar-refractivity contribution in [2.45, 2.75) is 18.6 Å². The van der Waals surface area contributed by atoms with Gasteiger partial charge >= 0.3 is 0 Å². The number of β-amino-alcohol motifs (C(OH)–C–C–N with tert-alkyl or cyclic N) is 1. The van der Waals surface area contributed by atoms with Crippen molar-refractivity contribution in [3.8, 4) is 0 Å². The predicted octanol–water partition coefficient (Wildman–Crippen LogP) is -0.633. The van der Waals surface area contributed by atoms with Crippen LogP contribution in [0.5, 0.6) is 0 Å². The Bertz CT molecular complexity index is 131. The van der Waals surface area contributed by atoms with E-state index < -0.39 is 0 Å². The van der Waals surface area contributed by atoms with E-state index in [0.29, 0.717) is 6.10 Å². The summed E-state index contributed by atoms with van der Waals surface area (Å²) in [6, 6.07) is 0.